The third-order valence-electron chi connectivity index (χ3n) is 5.01. The number of pyridine rings is 1. The fourth-order valence-electron chi connectivity index (χ4n) is 3.37. The van der Waals surface area contributed by atoms with Crippen LogP contribution in [0.5, 0.6) is 0 Å². The molecule has 3 atom stereocenters. The smallest absolute Gasteiger partial charge is 0.255 e. The molecule has 1 heterocycles. The van der Waals surface area contributed by atoms with E-state index in [0.717, 1.165) is 6.42 Å². The fraction of sp³-hybridized carbons (Fsp3) is 0.368. The summed E-state index contributed by atoms with van der Waals surface area (Å²) in [6.45, 7) is 0. The molecule has 1 aliphatic rings. The minimum Gasteiger partial charge on any atom is -0.323 e. The molecule has 1 aromatic carbocycles. The van der Waals surface area contributed by atoms with Crippen molar-refractivity contribution >= 4 is 22.6 Å². The number of aromatic nitrogens is 1. The molecule has 0 saturated heterocycles. The molecule has 1 fully saturated rings. The summed E-state index contributed by atoms with van der Waals surface area (Å²) in [4.78, 5) is 24.3. The van der Waals surface area contributed by atoms with Gasteiger partial charge in [0.25, 0.3) is 5.56 Å². The molecule has 1 aromatic heterocycles. The van der Waals surface area contributed by atoms with Crippen molar-refractivity contribution in [1.29, 1.82) is 0 Å². The SMILES string of the molecule is CN(C1CCC(C(=O)Nc2ccc(-n3ccccc3=O)cc2F)C1)S(C)=O. The van der Waals surface area contributed by atoms with Crippen molar-refractivity contribution in [2.45, 2.75) is 25.3 Å². The molecule has 6 nitrogen and oxygen atoms in total. The van der Waals surface area contributed by atoms with Crippen molar-refractivity contribution in [2.24, 2.45) is 5.92 Å². The lowest BCUT2D eigenvalue weighted by atomic mass is 10.1. The second kappa shape index (κ2) is 8.14. The van der Waals surface area contributed by atoms with Crippen LogP contribution in [0.2, 0.25) is 0 Å². The first-order valence-corrected chi connectivity index (χ1v) is 10.2. The molecule has 27 heavy (non-hydrogen) atoms. The number of rotatable bonds is 5. The number of nitrogens with zero attached hydrogens (tertiary/aromatic N) is 2. The fourth-order valence-corrected chi connectivity index (χ4v) is 3.98. The van der Waals surface area contributed by atoms with Gasteiger partial charge in [-0.1, -0.05) is 6.07 Å². The Morgan fingerprint density at radius 1 is 1.30 bits per heavy atom. The zero-order valence-electron chi connectivity index (χ0n) is 15.2. The molecule has 0 bridgehead atoms. The molecule has 144 valence electrons. The zero-order chi connectivity index (χ0) is 19.6. The largest absolute Gasteiger partial charge is 0.323 e. The third kappa shape index (κ3) is 4.33. The van der Waals surface area contributed by atoms with E-state index in [1.807, 2.05) is 0 Å². The van der Waals surface area contributed by atoms with E-state index in [9.17, 15) is 18.2 Å². The van der Waals surface area contributed by atoms with Gasteiger partial charge in [0, 0.05) is 43.6 Å². The minimum atomic E-state index is -1.08. The van der Waals surface area contributed by atoms with Crippen LogP contribution in [0.1, 0.15) is 19.3 Å². The first kappa shape index (κ1) is 19.4. The number of carbonyl (C=O) groups excluding carboxylic acids is 1. The van der Waals surface area contributed by atoms with E-state index >= 15 is 0 Å². The van der Waals surface area contributed by atoms with Crippen molar-refractivity contribution in [1.82, 2.24) is 8.87 Å². The second-order valence-electron chi connectivity index (χ2n) is 6.70. The number of hydrogen-bond donors (Lipinski definition) is 1. The van der Waals surface area contributed by atoms with Crippen LogP contribution in [-0.4, -0.2) is 38.3 Å². The number of anilines is 1. The van der Waals surface area contributed by atoms with Crippen LogP contribution in [0.3, 0.4) is 0 Å². The monoisotopic (exact) mass is 391 g/mol. The quantitative estimate of drug-likeness (QED) is 0.850. The number of amides is 1. The lowest BCUT2D eigenvalue weighted by Crippen LogP contribution is -2.31. The topological polar surface area (TPSA) is 71.4 Å². The summed E-state index contributed by atoms with van der Waals surface area (Å²) in [5, 5.41) is 2.64. The summed E-state index contributed by atoms with van der Waals surface area (Å²) in [6, 6.07) is 9.06. The normalized spacial score (nSPS) is 20.6. The zero-order valence-corrected chi connectivity index (χ0v) is 16.0. The lowest BCUT2D eigenvalue weighted by Gasteiger charge is -2.21. The highest BCUT2D eigenvalue weighted by molar-refractivity contribution is 7.81. The maximum Gasteiger partial charge on any atom is 0.255 e. The third-order valence-corrected chi connectivity index (χ3v) is 6.12. The van der Waals surface area contributed by atoms with E-state index in [-0.39, 0.29) is 29.1 Å². The average Bonchev–Trinajstić information content (AvgIpc) is 3.13. The number of nitrogens with one attached hydrogen (secondary N) is 1. The summed E-state index contributed by atoms with van der Waals surface area (Å²) in [5.74, 6) is -1.08. The van der Waals surface area contributed by atoms with Crippen LogP contribution < -0.4 is 10.9 Å². The summed E-state index contributed by atoms with van der Waals surface area (Å²) < 4.78 is 29.1. The maximum absolute atomic E-state index is 14.4. The highest BCUT2D eigenvalue weighted by Gasteiger charge is 2.33. The standard InChI is InChI=1S/C19H22FN3O3S/c1-22(27(2)26)14-7-6-13(11-14)19(25)21-17-9-8-15(12-16(17)20)23-10-4-3-5-18(23)24/h3-5,8-10,12-14H,6-7,11H2,1-2H3,(H,21,25). The summed E-state index contributed by atoms with van der Waals surface area (Å²) in [5.41, 5.74) is 0.218. The van der Waals surface area contributed by atoms with Crippen LogP contribution in [0, 0.1) is 11.7 Å². The molecule has 1 aliphatic carbocycles. The van der Waals surface area contributed by atoms with Gasteiger partial charge in [-0.15, -0.1) is 0 Å². The number of halogens is 1. The van der Waals surface area contributed by atoms with Crippen molar-refractivity contribution in [2.75, 3.05) is 18.6 Å². The Hall–Kier alpha value is -2.32. The molecule has 1 amide bonds. The molecule has 3 rings (SSSR count). The molecular formula is C19H22FN3O3S. The van der Waals surface area contributed by atoms with Gasteiger partial charge in [-0.05, 0) is 37.5 Å². The van der Waals surface area contributed by atoms with Gasteiger partial charge < -0.3 is 5.32 Å². The van der Waals surface area contributed by atoms with E-state index in [4.69, 9.17) is 0 Å². The van der Waals surface area contributed by atoms with E-state index in [0.29, 0.717) is 18.5 Å². The number of benzene rings is 1. The van der Waals surface area contributed by atoms with E-state index in [1.54, 1.807) is 42.0 Å². The average molecular weight is 391 g/mol. The highest BCUT2D eigenvalue weighted by Crippen LogP contribution is 2.30. The Morgan fingerprint density at radius 2 is 2.07 bits per heavy atom. The molecule has 0 spiro atoms. The van der Waals surface area contributed by atoms with Crippen molar-refractivity contribution in [3.05, 3.63) is 58.8 Å². The maximum atomic E-state index is 14.4. The molecular weight excluding hydrogens is 369 g/mol. The molecule has 0 radical (unpaired) electrons. The minimum absolute atomic E-state index is 0.0867. The van der Waals surface area contributed by atoms with Gasteiger partial charge >= 0.3 is 0 Å². The Labute approximate surface area is 159 Å². The van der Waals surface area contributed by atoms with Gasteiger partial charge in [-0.3, -0.25) is 14.2 Å². The summed E-state index contributed by atoms with van der Waals surface area (Å²) in [7, 11) is 0.704. The Morgan fingerprint density at radius 3 is 2.74 bits per heavy atom. The first-order valence-electron chi connectivity index (χ1n) is 8.71. The Kier molecular flexibility index (Phi) is 5.86. The predicted molar refractivity (Wildman–Crippen MR) is 104 cm³/mol. The van der Waals surface area contributed by atoms with E-state index in [1.165, 1.54) is 22.8 Å². The molecule has 0 aliphatic heterocycles. The van der Waals surface area contributed by atoms with Gasteiger partial charge in [-0.2, -0.15) is 0 Å². The van der Waals surface area contributed by atoms with Gasteiger partial charge in [-0.25, -0.2) is 12.9 Å². The van der Waals surface area contributed by atoms with Crippen LogP contribution in [0.4, 0.5) is 10.1 Å². The van der Waals surface area contributed by atoms with Gasteiger partial charge in [0.2, 0.25) is 5.91 Å². The molecule has 8 heteroatoms. The molecule has 2 aromatic rings. The van der Waals surface area contributed by atoms with Crippen LogP contribution in [0.15, 0.2) is 47.4 Å². The lowest BCUT2D eigenvalue weighted by molar-refractivity contribution is -0.119. The van der Waals surface area contributed by atoms with Crippen molar-refractivity contribution in [3.8, 4) is 5.69 Å². The van der Waals surface area contributed by atoms with Crippen molar-refractivity contribution in [3.63, 3.8) is 0 Å². The van der Waals surface area contributed by atoms with E-state index < -0.39 is 16.8 Å². The van der Waals surface area contributed by atoms with Gasteiger partial charge in [0.15, 0.2) is 0 Å². The number of carbonyl (C=O) groups is 1. The van der Waals surface area contributed by atoms with Crippen molar-refractivity contribution < 1.29 is 13.4 Å². The molecule has 1 saturated carbocycles. The first-order chi connectivity index (χ1) is 12.9. The van der Waals surface area contributed by atoms with Crippen LogP contribution >= 0.6 is 0 Å². The highest BCUT2D eigenvalue weighted by atomic mass is 32.2. The van der Waals surface area contributed by atoms with Crippen LogP contribution in [-0.2, 0) is 15.8 Å². The Bertz CT molecular complexity index is 930. The predicted octanol–water partition coefficient (Wildman–Crippen LogP) is 2.31. The molecule has 3 unspecified atom stereocenters. The van der Waals surface area contributed by atoms with Gasteiger partial charge in [0.1, 0.15) is 5.82 Å². The van der Waals surface area contributed by atoms with Gasteiger partial charge in [0.05, 0.1) is 22.4 Å². The second-order valence-corrected chi connectivity index (χ2v) is 8.12. The Balaban J connectivity index is 1.70. The summed E-state index contributed by atoms with van der Waals surface area (Å²) in [6.07, 6.45) is 5.23. The number of hydrogen-bond acceptors (Lipinski definition) is 3. The van der Waals surface area contributed by atoms with E-state index in [2.05, 4.69) is 5.32 Å². The molecule has 1 N–H and O–H groups in total. The summed E-state index contributed by atoms with van der Waals surface area (Å²) >= 11 is 0. The van der Waals surface area contributed by atoms with Crippen LogP contribution in [0.25, 0.3) is 5.69 Å².